The summed E-state index contributed by atoms with van der Waals surface area (Å²) in [5.74, 6) is 7.18. The van der Waals surface area contributed by atoms with Crippen molar-refractivity contribution < 1.29 is 9.53 Å². The van der Waals surface area contributed by atoms with Gasteiger partial charge in [0, 0.05) is 147 Å². The van der Waals surface area contributed by atoms with Crippen LogP contribution in [-0.4, -0.2) is 103 Å². The Hall–Kier alpha value is -10.5. The third-order valence-electron chi connectivity index (χ3n) is 16.0. The van der Waals surface area contributed by atoms with Crippen LogP contribution in [0.2, 0.25) is 42.5 Å². The molecule has 16 rings (SSSR count). The van der Waals surface area contributed by atoms with Gasteiger partial charge in [-0.05, 0) is 161 Å². The molecule has 0 bridgehead atoms. The third kappa shape index (κ3) is 28.3. The van der Waals surface area contributed by atoms with Gasteiger partial charge in [-0.2, -0.15) is 15.7 Å². The lowest BCUT2D eigenvalue weighted by Gasteiger charge is -2.03. The lowest BCUT2D eigenvalue weighted by molar-refractivity contribution is 0.0530. The lowest BCUT2D eigenvalue weighted by Crippen LogP contribution is -2.11. The molecule has 0 aliphatic rings. The number of nitrogens with two attached hydrogens (primary N) is 1. The number of pyridine rings is 5. The van der Waals surface area contributed by atoms with Crippen molar-refractivity contribution in [2.45, 2.75) is 56.4 Å². The van der Waals surface area contributed by atoms with Crippen molar-refractivity contribution in [1.82, 2.24) is 76.6 Å². The Morgan fingerprint density at radius 2 is 0.681 bits per heavy atom. The van der Waals surface area contributed by atoms with E-state index in [2.05, 4.69) is 95.0 Å². The molecule has 16 aromatic rings. The zero-order valence-electron chi connectivity index (χ0n) is 64.0. The van der Waals surface area contributed by atoms with Gasteiger partial charge in [0.1, 0.15) is 57.6 Å². The molecule has 0 saturated heterocycles. The number of aromatic nitrogens is 14. The van der Waals surface area contributed by atoms with Crippen LogP contribution in [0.3, 0.4) is 0 Å². The average Bonchev–Trinajstić information content (AvgIpc) is 2.17. The maximum absolute atomic E-state index is 12.3. The van der Waals surface area contributed by atoms with Crippen LogP contribution >= 0.6 is 140 Å². The van der Waals surface area contributed by atoms with Gasteiger partial charge >= 0.3 is 5.97 Å². The fraction of sp³-hybridized carbons (Fsp3) is 0.118. The van der Waals surface area contributed by atoms with E-state index in [-0.39, 0.29) is 56.9 Å². The molecule has 0 unspecified atom stereocenters. The van der Waals surface area contributed by atoms with Crippen molar-refractivity contribution in [3.05, 3.63) is 345 Å². The molecule has 11 heterocycles. The summed E-state index contributed by atoms with van der Waals surface area (Å²) in [6.45, 7) is 2.13. The van der Waals surface area contributed by atoms with Gasteiger partial charge in [0.2, 0.25) is 5.82 Å². The number of aromatic amines is 1. The zero-order valence-corrected chi connectivity index (χ0v) is 74.6. The molecular weight excluding hydrogens is 1750 g/mol. The monoisotopic (exact) mass is 1820 g/mol. The number of nitrogens with zero attached hydrogens (tertiary/aromatic N) is 15. The second-order valence-electron chi connectivity index (χ2n) is 25.5. The van der Waals surface area contributed by atoms with Gasteiger partial charge in [-0.1, -0.05) is 119 Å². The number of hydrogen-bond acceptors (Lipinski definition) is 24. The molecule has 0 spiro atoms. The van der Waals surface area contributed by atoms with Crippen molar-refractivity contribution in [3.8, 4) is 75.7 Å². The number of carbonyl (C=O) groups is 1. The molecule has 602 valence electrons. The Kier molecular flexibility index (Phi) is 37.9. The molecule has 11 aromatic heterocycles. The molecule has 7 N–H and O–H groups in total. The van der Waals surface area contributed by atoms with E-state index < -0.39 is 0 Å². The number of nitriles is 2. The third-order valence-corrected chi connectivity index (χ3v) is 22.8. The van der Waals surface area contributed by atoms with Gasteiger partial charge in [0.05, 0.1) is 44.8 Å². The molecule has 119 heavy (non-hydrogen) atoms. The molecule has 0 radical (unpaired) electrons. The Balaban J connectivity index is 0.000000182. The summed E-state index contributed by atoms with van der Waals surface area (Å²) in [5, 5.41) is 48.4. The summed E-state index contributed by atoms with van der Waals surface area (Å²) >= 11 is 36.6. The van der Waals surface area contributed by atoms with Crippen molar-refractivity contribution in [2.75, 3.05) is 6.61 Å². The average molecular weight is 1830 g/mol. The van der Waals surface area contributed by atoms with Crippen LogP contribution in [0, 0.1) is 28.1 Å². The highest BCUT2D eigenvalue weighted by atomic mass is 35.5. The molecule has 34 heteroatoms. The second kappa shape index (κ2) is 47.9. The number of benzene rings is 5. The normalized spacial score (nSPS) is 10.1. The van der Waals surface area contributed by atoms with E-state index >= 15 is 0 Å². The number of thiazole rings is 5. The van der Waals surface area contributed by atoms with E-state index in [1.54, 1.807) is 80.2 Å². The van der Waals surface area contributed by atoms with Crippen LogP contribution in [0.15, 0.2) is 244 Å². The molecule has 21 nitrogen and oxygen atoms in total. The van der Waals surface area contributed by atoms with E-state index in [0.717, 1.165) is 108 Å². The molecule has 0 atom stereocenters. The van der Waals surface area contributed by atoms with E-state index in [9.17, 15) is 15.3 Å². The first kappa shape index (κ1) is 94.0. The summed E-state index contributed by atoms with van der Waals surface area (Å²) in [5.41, 5.74) is 20.0. The summed E-state index contributed by atoms with van der Waals surface area (Å²) in [7, 11) is 0. The van der Waals surface area contributed by atoms with Gasteiger partial charge in [-0.3, -0.25) is 30.3 Å². The van der Waals surface area contributed by atoms with E-state index in [1.165, 1.54) is 45.3 Å². The maximum atomic E-state index is 12.3. The Labute approximate surface area is 749 Å². The number of tetrazole rings is 1. The number of esters is 1. The topological polar surface area (TPSA) is 342 Å². The SMILES string of the molecule is CCOC(=O)c1sc(-c2ccncc2)nc1Cc1ccc(Cl)cc1.Cl.Cl.Clc1ccc(Cc2nc(-c3ccncc3)sc2-c2nn[nH]n2)cc1.N.N#Cc1sc(-c2ccncc2)nc1Cc1ccc(Cl)cc1.N#Cc1sc(-c2ccncc2)nc1Cc1ccc(Cl)cc1.N=C(N)c1sc(-c2ccncc2)nc1Cc1ccc(Cl)cc1.[CH3][Al]([CH3])[CH3]. The van der Waals surface area contributed by atoms with Crippen molar-refractivity contribution in [3.63, 3.8) is 0 Å². The van der Waals surface area contributed by atoms with Crippen LogP contribution in [-0.2, 0) is 36.8 Å². The van der Waals surface area contributed by atoms with Gasteiger partial charge < -0.3 is 16.6 Å². The number of nitrogens with one attached hydrogen (secondary N) is 2. The minimum Gasteiger partial charge on any atom is -0.462 e. The van der Waals surface area contributed by atoms with Crippen molar-refractivity contribution in [1.29, 1.82) is 15.9 Å². The first-order valence-electron chi connectivity index (χ1n) is 35.6. The van der Waals surface area contributed by atoms with E-state index in [0.29, 0.717) is 94.9 Å². The fourth-order valence-electron chi connectivity index (χ4n) is 10.6. The number of ether oxygens (including phenoxy) is 1. The molecule has 0 aliphatic heterocycles. The Morgan fingerprint density at radius 1 is 0.420 bits per heavy atom. The summed E-state index contributed by atoms with van der Waals surface area (Å²) < 4.78 is 5.17. The predicted molar refractivity (Wildman–Crippen MR) is 490 cm³/mol. The number of carbonyl (C=O) groups excluding carboxylic acids is 1. The number of H-pyrrole nitrogens is 1. The quantitative estimate of drug-likeness (QED) is 0.0253. The first-order chi connectivity index (χ1) is 56.3. The standard InChI is InChI=1S/C18H15ClN2O2S.C16H11ClN6S.C16H13ClN4S.2C16H10ClN3S.3CH3.Al.2ClH.H3N/c1-2-23-18(22)16-15(11-12-3-5-14(19)6-4-12)21-17(24-16)13-7-9-20-10-8-13;17-12-3-1-10(2-4-12)9-13-14(15-20-22-23-21-15)24-16(19-13)11-5-7-18-8-6-11;17-12-3-1-10(2-4-12)9-13-14(15(18)19)22-16(21-13)11-5-7-20-8-6-11;2*17-13-3-1-11(2-4-13)9-14-15(10-18)21-16(20-14)12-5-7-19-8-6-12;;;;;;;/h3-10H,2,11H2,1H3;1-8H,9H2,(H,20,21,22,23);1-8H,9H2,(H3,18,19);2*1-8H,9H2;3*1H3;;2*1H;1H3. The van der Waals surface area contributed by atoms with Crippen LogP contribution in [0.4, 0.5) is 0 Å². The number of rotatable bonds is 19. The maximum Gasteiger partial charge on any atom is 0.350 e. The van der Waals surface area contributed by atoms with Crippen molar-refractivity contribution >= 4 is 165 Å². The highest BCUT2D eigenvalue weighted by Crippen LogP contribution is 2.37. The van der Waals surface area contributed by atoms with E-state index in [1.807, 2.05) is 182 Å². The Morgan fingerprint density at radius 3 is 0.966 bits per heavy atom. The van der Waals surface area contributed by atoms with Crippen molar-refractivity contribution in [2.24, 2.45) is 5.73 Å². The largest absolute Gasteiger partial charge is 0.462 e. The van der Waals surface area contributed by atoms with E-state index in [4.69, 9.17) is 78.9 Å². The molecule has 0 fully saturated rings. The molecule has 0 aliphatic carbocycles. The highest BCUT2D eigenvalue weighted by molar-refractivity contribution is 7.19. The highest BCUT2D eigenvalue weighted by Gasteiger charge is 2.23. The molecule has 5 aromatic carbocycles. The molecule has 0 saturated carbocycles. The fourth-order valence-corrected chi connectivity index (χ4v) is 15.9. The lowest BCUT2D eigenvalue weighted by atomic mass is 10.1. The van der Waals surface area contributed by atoms with Crippen LogP contribution in [0.5, 0.6) is 0 Å². The summed E-state index contributed by atoms with van der Waals surface area (Å²) in [4.78, 5) is 59.1. The zero-order chi connectivity index (χ0) is 81.7. The first-order valence-corrected chi connectivity index (χ1v) is 45.1. The Bertz CT molecular complexity index is 5750. The number of nitrogen functional groups attached to an aromatic ring is 1. The minimum absolute atomic E-state index is 0. The summed E-state index contributed by atoms with van der Waals surface area (Å²) in [6.07, 6.45) is 20.4. The second-order valence-corrected chi connectivity index (χ2v) is 36.1. The number of halogens is 7. The number of amidine groups is 1. The molecule has 0 amide bonds. The van der Waals surface area contributed by atoms with Gasteiger partial charge in [0.15, 0.2) is 0 Å². The predicted octanol–water partition coefficient (Wildman–Crippen LogP) is 23.0. The smallest absolute Gasteiger partial charge is 0.350 e. The van der Waals surface area contributed by atoms with Crippen LogP contribution < -0.4 is 11.9 Å². The summed E-state index contributed by atoms with van der Waals surface area (Å²) in [6, 6.07) is 61.5. The van der Waals surface area contributed by atoms with Crippen LogP contribution in [0.25, 0.3) is 63.6 Å². The molecular formula is C85H73AlCl7N19O2S5. The van der Waals surface area contributed by atoms with Crippen LogP contribution in [0.1, 0.15) is 87.5 Å². The minimum atomic E-state index is -0.334. The van der Waals surface area contributed by atoms with Gasteiger partial charge in [-0.25, -0.2) is 29.7 Å². The van der Waals surface area contributed by atoms with Gasteiger partial charge in [0.25, 0.3) is 14.1 Å². The number of hydrogen-bond donors (Lipinski definition) is 4. The van der Waals surface area contributed by atoms with Gasteiger partial charge in [-0.15, -0.1) is 109 Å².